The Bertz CT molecular complexity index is 679. The first kappa shape index (κ1) is 19.6. The number of ether oxygens (including phenoxy) is 1. The third-order valence-corrected chi connectivity index (χ3v) is 4.80. The number of carboxylic acid groups (broad SMARTS) is 1. The van der Waals surface area contributed by atoms with Crippen LogP contribution in [0.5, 0.6) is 5.75 Å². The Labute approximate surface area is 137 Å². The molecule has 1 rings (SSSR count). The van der Waals surface area contributed by atoms with Crippen molar-refractivity contribution in [1.29, 1.82) is 0 Å². The molecule has 0 aliphatic rings. The van der Waals surface area contributed by atoms with E-state index in [9.17, 15) is 22.0 Å². The summed E-state index contributed by atoms with van der Waals surface area (Å²) in [7, 11) is -4.00. The van der Waals surface area contributed by atoms with Gasteiger partial charge in [-0.05, 0) is 38.5 Å². The molecule has 0 bridgehead atoms. The van der Waals surface area contributed by atoms with Gasteiger partial charge in [-0.1, -0.05) is 11.6 Å². The van der Waals surface area contributed by atoms with Crippen LogP contribution in [0, 0.1) is 0 Å². The van der Waals surface area contributed by atoms with E-state index in [-0.39, 0.29) is 28.5 Å². The van der Waals surface area contributed by atoms with Crippen molar-refractivity contribution in [3.8, 4) is 5.75 Å². The Kier molecular flexibility index (Phi) is 6.32. The molecule has 0 saturated carbocycles. The normalized spacial score (nSPS) is 12.4. The standard InChI is InChI=1S/C13H16ClF2NO5S/c1-13(2,6-5-11(18)19)17-23(20,21)8-3-4-10(9(14)7-8)22-12(15)16/h3-4,7,12,17H,5-6H2,1-2H3,(H,18,19). The highest BCUT2D eigenvalue weighted by molar-refractivity contribution is 7.89. The monoisotopic (exact) mass is 371 g/mol. The second-order valence-electron chi connectivity index (χ2n) is 5.35. The zero-order valence-corrected chi connectivity index (χ0v) is 13.9. The Morgan fingerprint density at radius 1 is 1.43 bits per heavy atom. The molecule has 6 nitrogen and oxygen atoms in total. The van der Waals surface area contributed by atoms with Crippen LogP contribution in [-0.2, 0) is 14.8 Å². The van der Waals surface area contributed by atoms with Crippen LogP contribution in [0.2, 0.25) is 5.02 Å². The number of alkyl halides is 2. The van der Waals surface area contributed by atoms with Crippen molar-refractivity contribution in [3.63, 3.8) is 0 Å². The number of nitrogens with one attached hydrogen (secondary N) is 1. The van der Waals surface area contributed by atoms with Gasteiger partial charge < -0.3 is 9.84 Å². The van der Waals surface area contributed by atoms with Gasteiger partial charge in [0.1, 0.15) is 5.75 Å². The molecule has 0 aliphatic heterocycles. The summed E-state index contributed by atoms with van der Waals surface area (Å²) in [5.74, 6) is -1.39. The van der Waals surface area contributed by atoms with E-state index in [0.717, 1.165) is 18.2 Å². The van der Waals surface area contributed by atoms with Crippen LogP contribution in [0.25, 0.3) is 0 Å². The summed E-state index contributed by atoms with van der Waals surface area (Å²) in [5.41, 5.74) is -1.01. The molecule has 0 saturated heterocycles. The van der Waals surface area contributed by atoms with Crippen molar-refractivity contribution in [2.75, 3.05) is 0 Å². The molecule has 0 spiro atoms. The molecule has 10 heteroatoms. The van der Waals surface area contributed by atoms with Crippen LogP contribution in [0.3, 0.4) is 0 Å². The second-order valence-corrected chi connectivity index (χ2v) is 7.44. The SMILES string of the molecule is CC(C)(CCC(=O)O)NS(=O)(=O)c1ccc(OC(F)F)c(Cl)c1. The second kappa shape index (κ2) is 7.41. The van der Waals surface area contributed by atoms with Gasteiger partial charge in [0.2, 0.25) is 10.0 Å². The minimum Gasteiger partial charge on any atom is -0.481 e. The molecule has 0 unspecified atom stereocenters. The lowest BCUT2D eigenvalue weighted by Gasteiger charge is -2.25. The summed E-state index contributed by atoms with van der Waals surface area (Å²) in [6, 6.07) is 3.07. The van der Waals surface area contributed by atoms with Crippen LogP contribution in [0.15, 0.2) is 23.1 Å². The Morgan fingerprint density at radius 2 is 2.04 bits per heavy atom. The van der Waals surface area contributed by atoms with Crippen molar-refractivity contribution < 1.29 is 31.8 Å². The van der Waals surface area contributed by atoms with Crippen molar-refractivity contribution in [2.24, 2.45) is 0 Å². The fourth-order valence-electron chi connectivity index (χ4n) is 1.73. The zero-order chi connectivity index (χ0) is 17.8. The Hall–Kier alpha value is -1.45. The lowest BCUT2D eigenvalue weighted by atomic mass is 10.0. The van der Waals surface area contributed by atoms with E-state index in [1.54, 1.807) is 0 Å². The molecule has 0 radical (unpaired) electrons. The van der Waals surface area contributed by atoms with Gasteiger partial charge >= 0.3 is 12.6 Å². The largest absolute Gasteiger partial charge is 0.481 e. The molecule has 0 atom stereocenters. The lowest BCUT2D eigenvalue weighted by molar-refractivity contribution is -0.137. The van der Waals surface area contributed by atoms with E-state index in [0.29, 0.717) is 0 Å². The summed E-state index contributed by atoms with van der Waals surface area (Å²) in [5, 5.41) is 8.38. The predicted molar refractivity (Wildman–Crippen MR) is 79.4 cm³/mol. The van der Waals surface area contributed by atoms with E-state index in [2.05, 4.69) is 9.46 Å². The molecule has 0 fully saturated rings. The summed E-state index contributed by atoms with van der Waals surface area (Å²) in [6.07, 6.45) is -0.140. The van der Waals surface area contributed by atoms with Gasteiger partial charge in [-0.25, -0.2) is 13.1 Å². The van der Waals surface area contributed by atoms with Crippen molar-refractivity contribution in [1.82, 2.24) is 4.72 Å². The van der Waals surface area contributed by atoms with Crippen molar-refractivity contribution in [3.05, 3.63) is 23.2 Å². The molecule has 23 heavy (non-hydrogen) atoms. The average Bonchev–Trinajstić information content (AvgIpc) is 2.37. The molecule has 0 heterocycles. The van der Waals surface area contributed by atoms with E-state index in [4.69, 9.17) is 16.7 Å². The quantitative estimate of drug-likeness (QED) is 0.733. The van der Waals surface area contributed by atoms with Crippen LogP contribution in [-0.4, -0.2) is 31.6 Å². The number of halogens is 3. The highest BCUT2D eigenvalue weighted by Crippen LogP contribution is 2.29. The number of aliphatic carboxylic acids is 1. The molecule has 1 aromatic rings. The molecule has 0 aromatic heterocycles. The summed E-state index contributed by atoms with van der Waals surface area (Å²) in [4.78, 5) is 10.3. The van der Waals surface area contributed by atoms with Gasteiger partial charge in [-0.3, -0.25) is 4.79 Å². The summed E-state index contributed by atoms with van der Waals surface area (Å²) in [6.45, 7) is -0.0183. The van der Waals surface area contributed by atoms with Gasteiger partial charge in [0.05, 0.1) is 9.92 Å². The maximum absolute atomic E-state index is 12.3. The summed E-state index contributed by atoms with van der Waals surface area (Å²) >= 11 is 5.73. The molecule has 0 amide bonds. The van der Waals surface area contributed by atoms with Gasteiger partial charge in [-0.2, -0.15) is 8.78 Å². The Balaban J connectivity index is 2.96. The maximum atomic E-state index is 12.3. The third kappa shape index (κ3) is 6.28. The number of benzene rings is 1. The molecule has 2 N–H and O–H groups in total. The van der Waals surface area contributed by atoms with Gasteiger partial charge in [-0.15, -0.1) is 0 Å². The van der Waals surface area contributed by atoms with Gasteiger partial charge in [0.25, 0.3) is 0 Å². The number of carbonyl (C=O) groups is 1. The molecular formula is C13H16ClF2NO5S. The number of carboxylic acids is 1. The smallest absolute Gasteiger partial charge is 0.387 e. The fourth-order valence-corrected chi connectivity index (χ4v) is 3.49. The first-order chi connectivity index (χ1) is 10.4. The molecular weight excluding hydrogens is 356 g/mol. The van der Waals surface area contributed by atoms with E-state index in [1.165, 1.54) is 13.8 Å². The minimum atomic E-state index is -4.00. The molecule has 1 aromatic carbocycles. The fraction of sp³-hybridized carbons (Fsp3) is 0.462. The molecule has 0 aliphatic carbocycles. The molecule has 130 valence electrons. The topological polar surface area (TPSA) is 92.7 Å². The third-order valence-electron chi connectivity index (χ3n) is 2.80. The van der Waals surface area contributed by atoms with Crippen molar-refractivity contribution in [2.45, 2.75) is 43.7 Å². The number of sulfonamides is 1. The van der Waals surface area contributed by atoms with Gasteiger partial charge in [0.15, 0.2) is 0 Å². The highest BCUT2D eigenvalue weighted by Gasteiger charge is 2.27. The minimum absolute atomic E-state index is 0.0713. The number of rotatable bonds is 8. The maximum Gasteiger partial charge on any atom is 0.387 e. The van der Waals surface area contributed by atoms with Crippen LogP contribution < -0.4 is 9.46 Å². The van der Waals surface area contributed by atoms with Gasteiger partial charge in [0, 0.05) is 12.0 Å². The van der Waals surface area contributed by atoms with E-state index < -0.39 is 28.1 Å². The lowest BCUT2D eigenvalue weighted by Crippen LogP contribution is -2.43. The van der Waals surface area contributed by atoms with Crippen LogP contribution in [0.1, 0.15) is 26.7 Å². The number of hydrogen-bond acceptors (Lipinski definition) is 4. The zero-order valence-electron chi connectivity index (χ0n) is 12.3. The first-order valence-corrected chi connectivity index (χ1v) is 8.29. The first-order valence-electron chi connectivity index (χ1n) is 6.43. The average molecular weight is 372 g/mol. The highest BCUT2D eigenvalue weighted by atomic mass is 35.5. The summed E-state index contributed by atoms with van der Waals surface area (Å²) < 4.78 is 55.3. The van der Waals surface area contributed by atoms with Crippen molar-refractivity contribution >= 4 is 27.6 Å². The number of hydrogen-bond donors (Lipinski definition) is 2. The van der Waals surface area contributed by atoms with Crippen LogP contribution in [0.4, 0.5) is 8.78 Å². The van der Waals surface area contributed by atoms with E-state index >= 15 is 0 Å². The Morgan fingerprint density at radius 3 is 2.52 bits per heavy atom. The van der Waals surface area contributed by atoms with E-state index in [1.807, 2.05) is 0 Å². The predicted octanol–water partition coefficient (Wildman–Crippen LogP) is 2.86. The van der Waals surface area contributed by atoms with Crippen LogP contribution >= 0.6 is 11.6 Å².